The van der Waals surface area contributed by atoms with Gasteiger partial charge in [0.1, 0.15) is 72.2 Å². The molecule has 4 unspecified atom stereocenters. The van der Waals surface area contributed by atoms with E-state index in [2.05, 4.69) is 9.98 Å². The predicted molar refractivity (Wildman–Crippen MR) is 322 cm³/mol. The average molecular weight is 1210 g/mol. The van der Waals surface area contributed by atoms with Gasteiger partial charge in [-0.3, -0.25) is 0 Å². The molecule has 86 heavy (non-hydrogen) atoms. The second kappa shape index (κ2) is 24.2. The normalized spacial score (nSPS) is 18.5. The Morgan fingerprint density at radius 3 is 1.44 bits per heavy atom. The Kier molecular flexibility index (Phi) is 15.8. The van der Waals surface area contributed by atoms with Crippen LogP contribution in [-0.4, -0.2) is 46.2 Å². The third-order valence-electron chi connectivity index (χ3n) is 14.6. The highest BCUT2D eigenvalue weighted by Crippen LogP contribution is 2.60. The minimum Gasteiger partial charge on any atom is -0.463 e. The fraction of sp³-hybridized carbons (Fsp3) is 0.152. The van der Waals surface area contributed by atoms with Crippen molar-refractivity contribution in [2.45, 2.75) is 42.9 Å². The highest BCUT2D eigenvalue weighted by Gasteiger charge is 2.66. The van der Waals surface area contributed by atoms with E-state index in [1.807, 2.05) is 72.8 Å². The van der Waals surface area contributed by atoms with Crippen LogP contribution in [-0.2, 0) is 79.6 Å². The number of carbonyl (C=O) groups excluding carboxylic acids is 4. The highest BCUT2D eigenvalue weighted by molar-refractivity contribution is 8.09. The zero-order chi connectivity index (χ0) is 59.4. The van der Waals surface area contributed by atoms with Gasteiger partial charge in [-0.2, -0.15) is 21.0 Å². The van der Waals surface area contributed by atoms with E-state index in [9.17, 15) is 21.0 Å². The first-order chi connectivity index (χ1) is 42.0. The van der Waals surface area contributed by atoms with Gasteiger partial charge in [0.2, 0.25) is 11.4 Å². The molecule has 0 bridgehead atoms. The molecule has 0 N–H and O–H groups in total. The molecule has 0 saturated carbocycles. The topological polar surface area (TPSA) is 244 Å². The molecule has 3 aromatic heterocycles. The molecule has 0 amide bonds. The van der Waals surface area contributed by atoms with E-state index in [0.717, 1.165) is 0 Å². The number of thioether (sulfide) groups is 1. The number of esters is 4. The number of thiophene rings is 3. The zero-order valence-electron chi connectivity index (χ0n) is 44.9. The second-order valence-electron chi connectivity index (χ2n) is 19.9. The molecule has 420 valence electrons. The van der Waals surface area contributed by atoms with Crippen LogP contribution in [0, 0.1) is 63.1 Å². The molecule has 1 fully saturated rings. The van der Waals surface area contributed by atoms with Crippen LogP contribution in [0.5, 0.6) is 0 Å². The Labute approximate surface area is 508 Å². The van der Waals surface area contributed by atoms with Crippen molar-refractivity contribution in [1.82, 2.24) is 0 Å². The van der Waals surface area contributed by atoms with E-state index in [4.69, 9.17) is 28.4 Å². The van der Waals surface area contributed by atoms with Crippen LogP contribution in [0.25, 0.3) is 20.2 Å². The lowest BCUT2D eigenvalue weighted by atomic mass is 9.72. The van der Waals surface area contributed by atoms with Gasteiger partial charge >= 0.3 is 35.1 Å². The lowest BCUT2D eigenvalue weighted by molar-refractivity contribution is -0.195. The number of fused-ring (bicyclic) bond motifs is 7. The molecule has 2 aliphatic carbocycles. The molecule has 4 atom stereocenters. The summed E-state index contributed by atoms with van der Waals surface area (Å²) in [6.45, 7) is -0.799. The molecule has 5 aliphatic rings. The molecule has 6 heterocycles. The van der Waals surface area contributed by atoms with E-state index in [1.54, 1.807) is 133 Å². The van der Waals surface area contributed by atoms with E-state index < -0.39 is 58.1 Å². The smallest absolute Gasteiger partial charge is 0.367 e. The van der Waals surface area contributed by atoms with Crippen LogP contribution in [0.4, 0.5) is 10.0 Å². The number of nitrogens with zero attached hydrogens (tertiary/aromatic N) is 6. The Morgan fingerprint density at radius 2 is 0.942 bits per heavy atom. The van der Waals surface area contributed by atoms with E-state index >= 15 is 19.2 Å². The summed E-state index contributed by atoms with van der Waals surface area (Å²) in [5.74, 6) is -5.79. The largest absolute Gasteiger partial charge is 0.463 e. The van der Waals surface area contributed by atoms with Crippen molar-refractivity contribution < 1.29 is 47.6 Å². The summed E-state index contributed by atoms with van der Waals surface area (Å²) in [5, 5.41) is 38.1. The number of hydrogen-bond acceptors (Lipinski definition) is 20. The average Bonchev–Trinajstić information content (AvgIpc) is 1.49. The van der Waals surface area contributed by atoms with Crippen molar-refractivity contribution >= 4 is 102 Å². The molecular formula is C66H42N6O10S4. The lowest BCUT2D eigenvalue weighted by Crippen LogP contribution is -2.60. The summed E-state index contributed by atoms with van der Waals surface area (Å²) in [6, 6.07) is 51.8. The maximum atomic E-state index is 15.3. The van der Waals surface area contributed by atoms with Gasteiger partial charge in [-0.05, 0) is 64.7 Å². The summed E-state index contributed by atoms with van der Waals surface area (Å²) in [7, 11) is 0. The SMILES string of the molecule is N#CC(C#N)=Nc1ccc(C2=CC3C(S2)C2=CC4C=C5OC(C(=O)OCc6ccccc6)(C(=O)OCc6ccccc6)c6cc(-c7ccc(N=C(C#N)C#N)s7)sc6C5=CC4C=C2OC3(C(=O)OCc2ccccc2)C(=O)OCc2ccccc2)s1. The van der Waals surface area contributed by atoms with Crippen LogP contribution in [0.2, 0.25) is 0 Å². The molecular weight excluding hydrogens is 1170 g/mol. The molecule has 12 rings (SSSR count). The first-order valence-electron chi connectivity index (χ1n) is 26.6. The van der Waals surface area contributed by atoms with Crippen molar-refractivity contribution in [3.8, 4) is 34.0 Å². The summed E-state index contributed by atoms with van der Waals surface area (Å²) in [4.78, 5) is 72.5. The third-order valence-corrected chi connectivity index (χ3v) is 19.5. The predicted octanol–water partition coefficient (Wildman–Crippen LogP) is 12.9. The van der Waals surface area contributed by atoms with Crippen LogP contribution >= 0.6 is 45.8 Å². The van der Waals surface area contributed by atoms with Gasteiger partial charge < -0.3 is 28.4 Å². The quantitative estimate of drug-likeness (QED) is 0.0378. The molecule has 3 aliphatic heterocycles. The van der Waals surface area contributed by atoms with Crippen molar-refractivity contribution in [3.63, 3.8) is 0 Å². The number of aliphatic imine (C=N–C) groups is 2. The van der Waals surface area contributed by atoms with Gasteiger partial charge in [0.05, 0.1) is 5.92 Å². The van der Waals surface area contributed by atoms with Crippen molar-refractivity contribution in [1.29, 1.82) is 21.0 Å². The minimum absolute atomic E-state index is 0.140. The number of nitriles is 4. The van der Waals surface area contributed by atoms with E-state index in [0.29, 0.717) is 67.8 Å². The monoisotopic (exact) mass is 1210 g/mol. The molecule has 0 radical (unpaired) electrons. The Bertz CT molecular complexity index is 4140. The number of allylic oxidation sites excluding steroid dienone is 6. The van der Waals surface area contributed by atoms with Gasteiger partial charge in [-0.1, -0.05) is 140 Å². The Balaban J connectivity index is 0.992. The van der Waals surface area contributed by atoms with Crippen molar-refractivity contribution in [3.05, 3.63) is 237 Å². The Hall–Kier alpha value is -10.2. The third kappa shape index (κ3) is 10.9. The van der Waals surface area contributed by atoms with Gasteiger partial charge in [0, 0.05) is 58.2 Å². The number of ether oxygens (including phenoxy) is 6. The number of rotatable bonds is 16. The van der Waals surface area contributed by atoms with Gasteiger partial charge in [-0.15, -0.1) is 45.8 Å². The standard InChI is InChI=1S/C66H42N6O10S4/c67-31-45(32-68)71-57-23-21-53(83-57)55-29-49-59(85-55)47-25-44-28-52-48(26-43(44)27-51(47)81-65(49,61(73)77-35-39-13-5-1-6-14-39)62(74)78-36-40-15-7-2-8-16-40)60-50(30-56(86-60)54-22-24-58(84-54)72-46(33-69)34-70)66(82-52,63(75)79-37-41-17-9-3-10-18-41)64(76)80-38-42-19-11-4-12-20-42/h1-30,43-44,49,59H,35-38H2. The van der Waals surface area contributed by atoms with Crippen LogP contribution < -0.4 is 0 Å². The fourth-order valence-corrected chi connectivity index (χ4v) is 15.1. The fourth-order valence-electron chi connectivity index (χ4n) is 10.5. The van der Waals surface area contributed by atoms with E-state index in [1.165, 1.54) is 45.8 Å². The summed E-state index contributed by atoms with van der Waals surface area (Å²) in [5.41, 5.74) is -1.70. The summed E-state index contributed by atoms with van der Waals surface area (Å²) in [6.07, 6.45) is 9.36. The first-order valence-corrected chi connectivity index (χ1v) is 29.9. The first kappa shape index (κ1) is 56.3. The van der Waals surface area contributed by atoms with Gasteiger partial charge in [0.15, 0.2) is 0 Å². The number of benzene rings is 4. The van der Waals surface area contributed by atoms with Gasteiger partial charge in [0.25, 0.3) is 0 Å². The summed E-state index contributed by atoms with van der Waals surface area (Å²) >= 11 is 5.05. The van der Waals surface area contributed by atoms with Crippen LogP contribution in [0.1, 0.15) is 37.6 Å². The molecule has 20 heteroatoms. The molecule has 7 aromatic rings. The van der Waals surface area contributed by atoms with Crippen molar-refractivity contribution in [2.75, 3.05) is 0 Å². The second-order valence-corrected chi connectivity index (χ2v) is 24.2. The zero-order valence-corrected chi connectivity index (χ0v) is 48.1. The Morgan fingerprint density at radius 1 is 0.488 bits per heavy atom. The van der Waals surface area contributed by atoms with Crippen LogP contribution in [0.15, 0.2) is 209 Å². The molecule has 16 nitrogen and oxygen atoms in total. The van der Waals surface area contributed by atoms with Gasteiger partial charge in [-0.25, -0.2) is 29.2 Å². The van der Waals surface area contributed by atoms with E-state index in [-0.39, 0.29) is 54.9 Å². The summed E-state index contributed by atoms with van der Waals surface area (Å²) < 4.78 is 38.3. The number of hydrogen-bond donors (Lipinski definition) is 0. The highest BCUT2D eigenvalue weighted by atomic mass is 32.2. The number of carbonyl (C=O) groups is 4. The molecule has 0 spiro atoms. The van der Waals surface area contributed by atoms with Crippen molar-refractivity contribution in [2.24, 2.45) is 27.7 Å². The lowest BCUT2D eigenvalue weighted by Gasteiger charge is -2.45. The molecule has 4 aromatic carbocycles. The molecule has 1 saturated heterocycles. The maximum absolute atomic E-state index is 15.3. The maximum Gasteiger partial charge on any atom is 0.367 e. The minimum atomic E-state index is -2.52. The van der Waals surface area contributed by atoms with Crippen LogP contribution in [0.3, 0.4) is 0 Å².